The van der Waals surface area contributed by atoms with E-state index in [-0.39, 0.29) is 0 Å². The Morgan fingerprint density at radius 1 is 1.03 bits per heavy atom. The minimum Gasteiger partial charge on any atom is -0.497 e. The lowest BCUT2D eigenvalue weighted by Gasteiger charge is -2.31. The molecular formula is C25H27N5O2. The molecule has 32 heavy (non-hydrogen) atoms. The molecule has 0 amide bonds. The highest BCUT2D eigenvalue weighted by molar-refractivity contribution is 5.66. The van der Waals surface area contributed by atoms with Gasteiger partial charge in [0.05, 0.1) is 14.2 Å². The Kier molecular flexibility index (Phi) is 5.73. The van der Waals surface area contributed by atoms with Gasteiger partial charge >= 0.3 is 0 Å². The summed E-state index contributed by atoms with van der Waals surface area (Å²) in [4.78, 5) is 11.6. The molecular weight excluding hydrogens is 402 g/mol. The Morgan fingerprint density at radius 3 is 2.84 bits per heavy atom. The van der Waals surface area contributed by atoms with Crippen molar-refractivity contribution in [3.8, 4) is 22.8 Å². The lowest BCUT2D eigenvalue weighted by atomic mass is 9.97. The van der Waals surface area contributed by atoms with E-state index in [2.05, 4.69) is 28.1 Å². The van der Waals surface area contributed by atoms with Crippen molar-refractivity contribution in [2.75, 3.05) is 27.3 Å². The lowest BCUT2D eigenvalue weighted by Crippen LogP contribution is -2.34. The monoisotopic (exact) mass is 429 g/mol. The molecule has 1 atom stereocenters. The molecule has 0 radical (unpaired) electrons. The van der Waals surface area contributed by atoms with Gasteiger partial charge in [-0.05, 0) is 55.3 Å². The summed E-state index contributed by atoms with van der Waals surface area (Å²) >= 11 is 0. The molecule has 1 fully saturated rings. The number of aromatic nitrogens is 4. The molecule has 7 nitrogen and oxygen atoms in total. The minimum absolute atomic E-state index is 0.312. The van der Waals surface area contributed by atoms with Gasteiger partial charge in [-0.1, -0.05) is 18.2 Å². The zero-order valence-electron chi connectivity index (χ0n) is 18.4. The van der Waals surface area contributed by atoms with Gasteiger partial charge in [0.15, 0.2) is 11.5 Å². The zero-order valence-corrected chi connectivity index (χ0v) is 18.4. The van der Waals surface area contributed by atoms with E-state index < -0.39 is 0 Å². The van der Waals surface area contributed by atoms with Crippen LogP contribution in [0.4, 0.5) is 0 Å². The molecule has 1 aliphatic rings. The highest BCUT2D eigenvalue weighted by Crippen LogP contribution is 2.28. The first-order valence-corrected chi connectivity index (χ1v) is 10.9. The van der Waals surface area contributed by atoms with Crippen molar-refractivity contribution in [1.29, 1.82) is 0 Å². The first-order valence-electron chi connectivity index (χ1n) is 10.9. The number of methoxy groups -OCH3 is 2. The van der Waals surface area contributed by atoms with E-state index in [4.69, 9.17) is 19.6 Å². The first-order chi connectivity index (χ1) is 15.7. The standard InChI is InChI=1S/C25H27N5O2/c1-31-22-9-3-6-18(14-22)19-10-11-23-27-24(28-30(23)17-19)20-8-5-13-29(15-20)16-21-7-4-12-26-25(21)32-2/h3-4,6-7,9-12,14,17,20H,5,8,13,15-16H2,1-2H3/t20-/m1/s1. The van der Waals surface area contributed by atoms with E-state index in [9.17, 15) is 0 Å². The molecule has 1 aromatic carbocycles. The second-order valence-electron chi connectivity index (χ2n) is 8.17. The highest BCUT2D eigenvalue weighted by Gasteiger charge is 2.25. The van der Waals surface area contributed by atoms with Crippen LogP contribution in [0.25, 0.3) is 16.8 Å². The van der Waals surface area contributed by atoms with Crippen LogP contribution in [0.15, 0.2) is 60.9 Å². The fourth-order valence-electron chi connectivity index (χ4n) is 4.43. The summed E-state index contributed by atoms with van der Waals surface area (Å²) in [5, 5.41) is 4.85. The van der Waals surface area contributed by atoms with E-state index in [1.807, 2.05) is 41.0 Å². The summed E-state index contributed by atoms with van der Waals surface area (Å²) in [6, 6.07) is 16.2. The number of piperidine rings is 1. The van der Waals surface area contributed by atoms with E-state index in [1.54, 1.807) is 20.4 Å². The van der Waals surface area contributed by atoms with Crippen LogP contribution in [0.3, 0.4) is 0 Å². The number of rotatable bonds is 6. The van der Waals surface area contributed by atoms with Crippen LogP contribution >= 0.6 is 0 Å². The molecule has 3 aromatic heterocycles. The summed E-state index contributed by atoms with van der Waals surface area (Å²) < 4.78 is 12.7. The summed E-state index contributed by atoms with van der Waals surface area (Å²) in [5.74, 6) is 2.77. The van der Waals surface area contributed by atoms with Gasteiger partial charge in [0.2, 0.25) is 5.88 Å². The van der Waals surface area contributed by atoms with Gasteiger partial charge in [-0.15, -0.1) is 0 Å². The van der Waals surface area contributed by atoms with E-state index >= 15 is 0 Å². The number of hydrogen-bond donors (Lipinski definition) is 0. The second kappa shape index (κ2) is 8.96. The van der Waals surface area contributed by atoms with Crippen LogP contribution in [-0.4, -0.2) is 51.8 Å². The normalized spacial score (nSPS) is 16.9. The maximum Gasteiger partial charge on any atom is 0.217 e. The number of pyridine rings is 2. The molecule has 4 heterocycles. The van der Waals surface area contributed by atoms with Gasteiger partial charge < -0.3 is 9.47 Å². The lowest BCUT2D eigenvalue weighted by molar-refractivity contribution is 0.194. The molecule has 0 unspecified atom stereocenters. The van der Waals surface area contributed by atoms with Crippen molar-refractivity contribution in [1.82, 2.24) is 24.5 Å². The molecule has 0 N–H and O–H groups in total. The Hall–Kier alpha value is -3.45. The fraction of sp³-hybridized carbons (Fsp3) is 0.320. The molecule has 164 valence electrons. The predicted molar refractivity (Wildman–Crippen MR) is 123 cm³/mol. The van der Waals surface area contributed by atoms with Crippen molar-refractivity contribution in [3.05, 3.63) is 72.3 Å². The maximum atomic E-state index is 5.43. The minimum atomic E-state index is 0.312. The second-order valence-corrected chi connectivity index (χ2v) is 8.17. The average molecular weight is 430 g/mol. The zero-order chi connectivity index (χ0) is 21.9. The Labute approximate surface area is 187 Å². The van der Waals surface area contributed by atoms with Crippen molar-refractivity contribution in [3.63, 3.8) is 0 Å². The number of benzene rings is 1. The smallest absolute Gasteiger partial charge is 0.217 e. The number of hydrogen-bond acceptors (Lipinski definition) is 6. The Morgan fingerprint density at radius 2 is 1.97 bits per heavy atom. The fourth-order valence-corrected chi connectivity index (χ4v) is 4.43. The molecule has 1 saturated heterocycles. The third kappa shape index (κ3) is 4.16. The highest BCUT2D eigenvalue weighted by atomic mass is 16.5. The number of ether oxygens (including phenoxy) is 2. The molecule has 4 aromatic rings. The molecule has 0 saturated carbocycles. The summed E-state index contributed by atoms with van der Waals surface area (Å²) in [6.45, 7) is 2.81. The Bertz CT molecular complexity index is 1220. The van der Waals surface area contributed by atoms with Crippen LogP contribution in [0.5, 0.6) is 11.6 Å². The Balaban J connectivity index is 1.36. The van der Waals surface area contributed by atoms with Crippen molar-refractivity contribution in [2.24, 2.45) is 0 Å². The van der Waals surface area contributed by atoms with E-state index in [1.165, 1.54) is 0 Å². The van der Waals surface area contributed by atoms with Gasteiger partial charge in [-0.25, -0.2) is 14.5 Å². The molecule has 0 bridgehead atoms. The number of nitrogens with zero attached hydrogens (tertiary/aromatic N) is 5. The summed E-state index contributed by atoms with van der Waals surface area (Å²) in [7, 11) is 3.36. The number of fused-ring (bicyclic) bond motifs is 1. The van der Waals surface area contributed by atoms with Crippen LogP contribution in [-0.2, 0) is 6.54 Å². The number of likely N-dealkylation sites (tertiary alicyclic amines) is 1. The van der Waals surface area contributed by atoms with Gasteiger partial charge in [-0.2, -0.15) is 5.10 Å². The maximum absolute atomic E-state index is 5.43. The average Bonchev–Trinajstić information content (AvgIpc) is 3.28. The molecule has 0 aliphatic carbocycles. The van der Waals surface area contributed by atoms with Gasteiger partial charge in [0, 0.05) is 42.5 Å². The first kappa shape index (κ1) is 20.5. The van der Waals surface area contributed by atoms with Gasteiger partial charge in [-0.3, -0.25) is 4.90 Å². The van der Waals surface area contributed by atoms with Crippen LogP contribution in [0.2, 0.25) is 0 Å². The van der Waals surface area contributed by atoms with E-state index in [0.717, 1.165) is 66.4 Å². The summed E-state index contributed by atoms with van der Waals surface area (Å²) in [5.41, 5.74) is 4.17. The SMILES string of the molecule is COc1cccc(-c2ccc3nc([C@@H]4CCCN(Cc5cccnc5OC)C4)nn3c2)c1. The van der Waals surface area contributed by atoms with Crippen molar-refractivity contribution >= 4 is 5.65 Å². The molecule has 1 aliphatic heterocycles. The predicted octanol–water partition coefficient (Wildman–Crippen LogP) is 4.19. The van der Waals surface area contributed by atoms with Gasteiger partial charge in [0.25, 0.3) is 0 Å². The van der Waals surface area contributed by atoms with Gasteiger partial charge in [0.1, 0.15) is 5.75 Å². The third-order valence-electron chi connectivity index (χ3n) is 6.06. The quantitative estimate of drug-likeness (QED) is 0.458. The summed E-state index contributed by atoms with van der Waals surface area (Å²) in [6.07, 6.45) is 6.03. The van der Waals surface area contributed by atoms with Crippen LogP contribution < -0.4 is 9.47 Å². The molecule has 5 rings (SSSR count). The molecule has 7 heteroatoms. The molecule has 0 spiro atoms. The van der Waals surface area contributed by atoms with Crippen LogP contribution in [0, 0.1) is 0 Å². The third-order valence-corrected chi connectivity index (χ3v) is 6.06. The van der Waals surface area contributed by atoms with Crippen LogP contribution in [0.1, 0.15) is 30.1 Å². The van der Waals surface area contributed by atoms with Crippen molar-refractivity contribution < 1.29 is 9.47 Å². The van der Waals surface area contributed by atoms with Crippen molar-refractivity contribution in [2.45, 2.75) is 25.3 Å². The van der Waals surface area contributed by atoms with E-state index in [0.29, 0.717) is 11.8 Å². The topological polar surface area (TPSA) is 64.8 Å². The largest absolute Gasteiger partial charge is 0.497 e.